The van der Waals surface area contributed by atoms with E-state index < -0.39 is 0 Å². The van der Waals surface area contributed by atoms with Crippen molar-refractivity contribution >= 4 is 0 Å². The smallest absolute Gasteiger partial charge is 1.00 e. The Morgan fingerprint density at radius 2 is 1.17 bits per heavy atom. The van der Waals surface area contributed by atoms with Crippen molar-refractivity contribution in [3.63, 3.8) is 0 Å². The Labute approximate surface area is 152 Å². The second-order valence-electron chi connectivity index (χ2n) is 4.09. The van der Waals surface area contributed by atoms with Gasteiger partial charge in [-0.2, -0.15) is 46.0 Å². The Hall–Kier alpha value is 0.543. The normalized spacial score (nSPS) is 8.06. The Morgan fingerprint density at radius 3 is 1.28 bits per heavy atom. The SMILES string of the molecule is Cc1c(C)c(C)[c-](C)c1C.[Br-].[Br-].[Zr+4].c1cc[cH-]c1. The first-order valence-electron chi connectivity index (χ1n) is 5.42. The third-order valence-electron chi connectivity index (χ3n) is 3.37. The Kier molecular flexibility index (Phi) is 14.9. The average molecular weight is 451 g/mol. The third-order valence-corrected chi connectivity index (χ3v) is 3.37. The molecule has 0 unspecified atom stereocenters. The minimum absolute atomic E-state index is 0. The van der Waals surface area contributed by atoms with E-state index in [0.29, 0.717) is 0 Å². The summed E-state index contributed by atoms with van der Waals surface area (Å²) in [5.74, 6) is 0. The fourth-order valence-electron chi connectivity index (χ4n) is 1.73. The molecule has 0 fully saturated rings. The molecule has 0 radical (unpaired) electrons. The standard InChI is InChI=1S/C10H15.C5H5.2BrH.Zr/c1-6-7(2)9(4)10(5)8(6)3;1-2-4-5-3-1;;;/h1-5H3;1-5H;2*1H;/q2*-1;;;+4/p-2. The van der Waals surface area contributed by atoms with Gasteiger partial charge in [-0.15, -0.1) is 0 Å². The monoisotopic (exact) mass is 448 g/mol. The van der Waals surface area contributed by atoms with E-state index in [0.717, 1.165) is 0 Å². The van der Waals surface area contributed by atoms with Crippen LogP contribution in [-0.4, -0.2) is 0 Å². The molecule has 0 N–H and O–H groups in total. The number of hydrogen-bond acceptors (Lipinski definition) is 0. The molecular formula is C15H20Br2Zr. The van der Waals surface area contributed by atoms with E-state index in [-0.39, 0.29) is 60.2 Å². The molecule has 2 aromatic rings. The van der Waals surface area contributed by atoms with Gasteiger partial charge in [-0.25, -0.2) is 12.1 Å². The van der Waals surface area contributed by atoms with Gasteiger partial charge in [0.1, 0.15) is 0 Å². The fourth-order valence-corrected chi connectivity index (χ4v) is 1.73. The summed E-state index contributed by atoms with van der Waals surface area (Å²) < 4.78 is 0. The van der Waals surface area contributed by atoms with Gasteiger partial charge in [0.25, 0.3) is 0 Å². The second kappa shape index (κ2) is 11.4. The van der Waals surface area contributed by atoms with Crippen LogP contribution < -0.4 is 34.0 Å². The van der Waals surface area contributed by atoms with Gasteiger partial charge in [-0.05, 0) is 0 Å². The number of halogens is 2. The summed E-state index contributed by atoms with van der Waals surface area (Å²) in [7, 11) is 0. The van der Waals surface area contributed by atoms with Gasteiger partial charge >= 0.3 is 26.2 Å². The molecule has 0 nitrogen and oxygen atoms in total. The van der Waals surface area contributed by atoms with E-state index in [9.17, 15) is 0 Å². The first-order valence-corrected chi connectivity index (χ1v) is 5.42. The van der Waals surface area contributed by atoms with Crippen LogP contribution in [0, 0.1) is 34.6 Å². The summed E-state index contributed by atoms with van der Waals surface area (Å²) in [5, 5.41) is 0. The van der Waals surface area contributed by atoms with E-state index in [4.69, 9.17) is 0 Å². The largest absolute Gasteiger partial charge is 4.00 e. The van der Waals surface area contributed by atoms with Crippen LogP contribution in [-0.2, 0) is 26.2 Å². The molecular weight excluding hydrogens is 431 g/mol. The summed E-state index contributed by atoms with van der Waals surface area (Å²) in [6.45, 7) is 11.0. The predicted molar refractivity (Wildman–Crippen MR) is 67.8 cm³/mol. The minimum Gasteiger partial charge on any atom is -1.00 e. The maximum absolute atomic E-state index is 2.20. The quantitative estimate of drug-likeness (QED) is 0.422. The topological polar surface area (TPSA) is 0 Å². The summed E-state index contributed by atoms with van der Waals surface area (Å²) in [5.41, 5.74) is 7.34. The molecule has 0 aliphatic rings. The van der Waals surface area contributed by atoms with Crippen LogP contribution in [0.4, 0.5) is 0 Å². The summed E-state index contributed by atoms with van der Waals surface area (Å²) in [6.07, 6.45) is 0. The van der Waals surface area contributed by atoms with Crippen LogP contribution in [0.15, 0.2) is 30.3 Å². The van der Waals surface area contributed by atoms with E-state index in [1.54, 1.807) is 0 Å². The summed E-state index contributed by atoms with van der Waals surface area (Å²) in [4.78, 5) is 0. The minimum atomic E-state index is 0. The van der Waals surface area contributed by atoms with Gasteiger partial charge in [0.05, 0.1) is 0 Å². The zero-order valence-electron chi connectivity index (χ0n) is 11.6. The van der Waals surface area contributed by atoms with Crippen LogP contribution >= 0.6 is 0 Å². The molecule has 18 heavy (non-hydrogen) atoms. The summed E-state index contributed by atoms with van der Waals surface area (Å²) >= 11 is 0. The van der Waals surface area contributed by atoms with E-state index in [2.05, 4.69) is 34.6 Å². The van der Waals surface area contributed by atoms with Crippen molar-refractivity contribution in [1.82, 2.24) is 0 Å². The zero-order chi connectivity index (χ0) is 11.4. The van der Waals surface area contributed by atoms with Gasteiger partial charge in [-0.3, -0.25) is 0 Å². The number of hydrogen-bond donors (Lipinski definition) is 0. The van der Waals surface area contributed by atoms with E-state index >= 15 is 0 Å². The van der Waals surface area contributed by atoms with Crippen LogP contribution in [0.3, 0.4) is 0 Å². The average Bonchev–Trinajstić information content (AvgIpc) is 2.86. The first kappa shape index (κ1) is 23.6. The third kappa shape index (κ3) is 6.13. The van der Waals surface area contributed by atoms with Gasteiger partial charge < -0.3 is 34.0 Å². The molecule has 0 atom stereocenters. The molecule has 0 aliphatic carbocycles. The van der Waals surface area contributed by atoms with Crippen molar-refractivity contribution in [2.45, 2.75) is 34.6 Å². The maximum Gasteiger partial charge on any atom is 4.00 e. The Morgan fingerprint density at radius 1 is 0.833 bits per heavy atom. The molecule has 3 heteroatoms. The second-order valence-corrected chi connectivity index (χ2v) is 4.09. The van der Waals surface area contributed by atoms with E-state index in [1.165, 1.54) is 27.8 Å². The predicted octanol–water partition coefficient (Wildman–Crippen LogP) is -1.64. The van der Waals surface area contributed by atoms with E-state index in [1.807, 2.05) is 30.3 Å². The van der Waals surface area contributed by atoms with Crippen molar-refractivity contribution in [2.24, 2.45) is 0 Å². The molecule has 0 heterocycles. The van der Waals surface area contributed by atoms with Gasteiger partial charge in [0, 0.05) is 0 Å². The van der Waals surface area contributed by atoms with Crippen molar-refractivity contribution < 1.29 is 60.2 Å². The van der Waals surface area contributed by atoms with Crippen molar-refractivity contribution in [2.75, 3.05) is 0 Å². The molecule has 0 bridgehead atoms. The fraction of sp³-hybridized carbons (Fsp3) is 0.333. The van der Waals surface area contributed by atoms with Crippen LogP contribution in [0.1, 0.15) is 27.8 Å². The van der Waals surface area contributed by atoms with Crippen LogP contribution in [0.25, 0.3) is 0 Å². The molecule has 0 aliphatic heterocycles. The molecule has 0 amide bonds. The Bertz CT molecular complexity index is 317. The zero-order valence-corrected chi connectivity index (χ0v) is 17.3. The molecule has 0 saturated heterocycles. The van der Waals surface area contributed by atoms with Gasteiger partial charge in [0.2, 0.25) is 0 Å². The number of rotatable bonds is 0. The molecule has 0 saturated carbocycles. The molecule has 98 valence electrons. The maximum atomic E-state index is 2.20. The van der Waals surface area contributed by atoms with Crippen LogP contribution in [0.5, 0.6) is 0 Å². The molecule has 2 rings (SSSR count). The summed E-state index contributed by atoms with van der Waals surface area (Å²) in [6, 6.07) is 10.0. The van der Waals surface area contributed by atoms with Gasteiger partial charge in [-0.1, -0.05) is 34.6 Å². The van der Waals surface area contributed by atoms with Gasteiger partial charge in [0.15, 0.2) is 0 Å². The molecule has 0 aromatic heterocycles. The first-order chi connectivity index (χ1) is 7.05. The molecule has 0 spiro atoms. The molecule has 2 aromatic carbocycles. The van der Waals surface area contributed by atoms with Crippen LogP contribution in [0.2, 0.25) is 0 Å². The van der Waals surface area contributed by atoms with Crippen molar-refractivity contribution in [3.8, 4) is 0 Å². The van der Waals surface area contributed by atoms with Crippen molar-refractivity contribution in [3.05, 3.63) is 58.1 Å². The van der Waals surface area contributed by atoms with Crippen molar-refractivity contribution in [1.29, 1.82) is 0 Å². The Balaban J connectivity index is -0.000000245.